The zero-order chi connectivity index (χ0) is 22.1. The number of benzene rings is 2. The first kappa shape index (κ1) is 22.4. The molecule has 0 aliphatic heterocycles. The Hall–Kier alpha value is -3.88. The number of nitrogens with one attached hydrogen (secondary N) is 3. The maximum absolute atomic E-state index is 12.2. The van der Waals surface area contributed by atoms with Gasteiger partial charge in [0.2, 0.25) is 0 Å². The van der Waals surface area contributed by atoms with Gasteiger partial charge in [-0.15, -0.1) is 0 Å². The van der Waals surface area contributed by atoms with Gasteiger partial charge in [-0.1, -0.05) is 6.07 Å². The van der Waals surface area contributed by atoms with Gasteiger partial charge in [0.15, 0.2) is 18.1 Å². The van der Waals surface area contributed by atoms with Crippen LogP contribution in [0.4, 0.5) is 5.69 Å². The number of likely N-dealkylation sites (N-methyl/N-ethyl adjacent to an activating group) is 1. The number of rotatable bonds is 7. The molecule has 2 aromatic rings. The van der Waals surface area contributed by atoms with Crippen LogP contribution in [0.3, 0.4) is 0 Å². The monoisotopic (exact) mass is 412 g/mol. The van der Waals surface area contributed by atoms with Crippen molar-refractivity contribution in [2.45, 2.75) is 13.8 Å². The molecule has 2 rings (SSSR count). The summed E-state index contributed by atoms with van der Waals surface area (Å²) in [5.74, 6) is -1.22. The highest BCUT2D eigenvalue weighted by atomic mass is 16.5. The van der Waals surface area contributed by atoms with Crippen LogP contribution in [0.2, 0.25) is 0 Å². The topological polar surface area (TPSA) is 118 Å². The molecule has 0 fully saturated rings. The number of carbonyl (C=O) groups excluding carboxylic acids is 3. The molecule has 0 radical (unpaired) electrons. The minimum Gasteiger partial charge on any atom is -0.493 e. The molecule has 0 saturated heterocycles. The second-order valence-corrected chi connectivity index (χ2v) is 6.32. The normalized spacial score (nSPS) is 10.4. The van der Waals surface area contributed by atoms with Crippen molar-refractivity contribution in [2.24, 2.45) is 5.10 Å². The molecule has 9 nitrogen and oxygen atoms in total. The minimum absolute atomic E-state index is 0.196. The Morgan fingerprint density at radius 3 is 2.43 bits per heavy atom. The van der Waals surface area contributed by atoms with Crippen molar-refractivity contribution in [3.8, 4) is 11.5 Å². The van der Waals surface area contributed by atoms with E-state index in [9.17, 15) is 14.4 Å². The molecule has 3 amide bonds. The van der Waals surface area contributed by atoms with Gasteiger partial charge in [-0.05, 0) is 60.9 Å². The van der Waals surface area contributed by atoms with Crippen LogP contribution in [0.25, 0.3) is 0 Å². The highest BCUT2D eigenvalue weighted by Gasteiger charge is 2.10. The predicted octanol–water partition coefficient (Wildman–Crippen LogP) is 1.53. The van der Waals surface area contributed by atoms with Gasteiger partial charge >= 0.3 is 11.8 Å². The van der Waals surface area contributed by atoms with Crippen molar-refractivity contribution in [1.29, 1.82) is 0 Å². The average Bonchev–Trinajstić information content (AvgIpc) is 2.74. The van der Waals surface area contributed by atoms with Crippen LogP contribution in [0.5, 0.6) is 11.5 Å². The molecule has 0 aliphatic carbocycles. The van der Waals surface area contributed by atoms with Crippen molar-refractivity contribution in [1.82, 2.24) is 10.7 Å². The summed E-state index contributed by atoms with van der Waals surface area (Å²) >= 11 is 0. The average molecular weight is 412 g/mol. The Morgan fingerprint density at radius 1 is 1.00 bits per heavy atom. The number of anilines is 1. The summed E-state index contributed by atoms with van der Waals surface area (Å²) in [6.07, 6.45) is 1.35. The standard InChI is InChI=1S/C21H24N4O5/c1-13-5-7-16(9-14(13)2)24-19(26)12-30-17-8-6-15(10-18(17)29-4)11-23-25-21(28)20(27)22-3/h5-11H,12H2,1-4H3,(H,22,27)(H,24,26)(H,25,28)/b23-11-. The molecule has 30 heavy (non-hydrogen) atoms. The van der Waals surface area contributed by atoms with Crippen molar-refractivity contribution in [3.63, 3.8) is 0 Å². The fourth-order valence-electron chi connectivity index (χ4n) is 2.37. The molecule has 2 aromatic carbocycles. The highest BCUT2D eigenvalue weighted by Crippen LogP contribution is 2.27. The van der Waals surface area contributed by atoms with E-state index in [2.05, 4.69) is 21.2 Å². The zero-order valence-electron chi connectivity index (χ0n) is 17.2. The Bertz CT molecular complexity index is 972. The van der Waals surface area contributed by atoms with Crippen molar-refractivity contribution < 1.29 is 23.9 Å². The summed E-state index contributed by atoms with van der Waals surface area (Å²) in [6.45, 7) is 3.78. The van der Waals surface area contributed by atoms with Crippen LogP contribution in [0.15, 0.2) is 41.5 Å². The summed E-state index contributed by atoms with van der Waals surface area (Å²) < 4.78 is 10.8. The molecule has 0 saturated carbocycles. The van der Waals surface area contributed by atoms with Gasteiger partial charge in [-0.3, -0.25) is 14.4 Å². The molecular weight excluding hydrogens is 388 g/mol. The Morgan fingerprint density at radius 2 is 1.77 bits per heavy atom. The molecule has 0 unspecified atom stereocenters. The van der Waals surface area contributed by atoms with Gasteiger partial charge in [0, 0.05) is 12.7 Å². The van der Waals surface area contributed by atoms with Crippen molar-refractivity contribution in [2.75, 3.05) is 26.1 Å². The highest BCUT2D eigenvalue weighted by molar-refractivity contribution is 6.35. The van der Waals surface area contributed by atoms with Gasteiger partial charge in [0.1, 0.15) is 0 Å². The van der Waals surface area contributed by atoms with Gasteiger partial charge in [-0.25, -0.2) is 5.43 Å². The second-order valence-electron chi connectivity index (χ2n) is 6.32. The third kappa shape index (κ3) is 6.33. The fourth-order valence-corrected chi connectivity index (χ4v) is 2.37. The van der Waals surface area contributed by atoms with Gasteiger partial charge in [0.25, 0.3) is 5.91 Å². The lowest BCUT2D eigenvalue weighted by Gasteiger charge is -2.12. The molecule has 0 heterocycles. The number of nitrogens with zero attached hydrogens (tertiary/aromatic N) is 1. The summed E-state index contributed by atoms with van der Waals surface area (Å²) in [5.41, 5.74) is 5.62. The van der Waals surface area contributed by atoms with Crippen LogP contribution in [-0.2, 0) is 14.4 Å². The number of hydrogen-bond acceptors (Lipinski definition) is 6. The van der Waals surface area contributed by atoms with Crippen molar-refractivity contribution >= 4 is 29.6 Å². The molecular formula is C21H24N4O5. The van der Waals surface area contributed by atoms with Crippen LogP contribution in [0.1, 0.15) is 16.7 Å². The van der Waals surface area contributed by atoms with Crippen LogP contribution >= 0.6 is 0 Å². The van der Waals surface area contributed by atoms with E-state index in [4.69, 9.17) is 9.47 Å². The molecule has 158 valence electrons. The maximum Gasteiger partial charge on any atom is 0.329 e. The van der Waals surface area contributed by atoms with Crippen LogP contribution in [0, 0.1) is 13.8 Å². The Balaban J connectivity index is 1.95. The molecule has 0 aliphatic rings. The molecule has 0 atom stereocenters. The predicted molar refractivity (Wildman–Crippen MR) is 113 cm³/mol. The SMILES string of the molecule is CNC(=O)C(=O)N/N=C\c1ccc(OCC(=O)Nc2ccc(C)c(C)c2)c(OC)c1. The first-order valence-corrected chi connectivity index (χ1v) is 9.07. The van der Waals surface area contributed by atoms with Gasteiger partial charge < -0.3 is 20.1 Å². The number of amides is 3. The Kier molecular flexibility index (Phi) is 7.92. The number of hydrogen-bond donors (Lipinski definition) is 3. The lowest BCUT2D eigenvalue weighted by molar-refractivity contribution is -0.138. The largest absolute Gasteiger partial charge is 0.493 e. The maximum atomic E-state index is 12.2. The smallest absolute Gasteiger partial charge is 0.329 e. The quantitative estimate of drug-likeness (QED) is 0.362. The minimum atomic E-state index is -0.879. The molecule has 0 bridgehead atoms. The fraction of sp³-hybridized carbons (Fsp3) is 0.238. The number of ether oxygens (including phenoxy) is 2. The van der Waals surface area contributed by atoms with E-state index in [1.54, 1.807) is 18.2 Å². The third-order valence-electron chi connectivity index (χ3n) is 4.15. The van der Waals surface area contributed by atoms with E-state index in [0.717, 1.165) is 11.1 Å². The van der Waals surface area contributed by atoms with E-state index in [0.29, 0.717) is 22.7 Å². The third-order valence-corrected chi connectivity index (χ3v) is 4.15. The molecule has 0 spiro atoms. The Labute approximate surface area is 174 Å². The summed E-state index contributed by atoms with van der Waals surface area (Å²) in [5, 5.41) is 8.68. The summed E-state index contributed by atoms with van der Waals surface area (Å²) in [4.78, 5) is 34.6. The van der Waals surface area contributed by atoms with E-state index in [1.165, 1.54) is 20.4 Å². The number of carbonyl (C=O) groups is 3. The zero-order valence-corrected chi connectivity index (χ0v) is 17.2. The summed E-state index contributed by atoms with van der Waals surface area (Å²) in [6, 6.07) is 10.6. The number of hydrazone groups is 1. The van der Waals surface area contributed by atoms with Crippen molar-refractivity contribution in [3.05, 3.63) is 53.1 Å². The van der Waals surface area contributed by atoms with Gasteiger partial charge in [0.05, 0.1) is 13.3 Å². The number of methoxy groups -OCH3 is 1. The first-order chi connectivity index (χ1) is 14.3. The molecule has 9 heteroatoms. The van der Waals surface area contributed by atoms with Crippen LogP contribution in [-0.4, -0.2) is 44.7 Å². The van der Waals surface area contributed by atoms with E-state index in [-0.39, 0.29) is 12.5 Å². The second kappa shape index (κ2) is 10.6. The van der Waals surface area contributed by atoms with E-state index < -0.39 is 11.8 Å². The first-order valence-electron chi connectivity index (χ1n) is 9.07. The van der Waals surface area contributed by atoms with E-state index >= 15 is 0 Å². The van der Waals surface area contributed by atoms with E-state index in [1.807, 2.05) is 32.0 Å². The number of aryl methyl sites for hydroxylation is 2. The molecule has 3 N–H and O–H groups in total. The molecule has 0 aromatic heterocycles. The lowest BCUT2D eigenvalue weighted by atomic mass is 10.1. The lowest BCUT2D eigenvalue weighted by Crippen LogP contribution is -2.35. The van der Waals surface area contributed by atoms with Crippen LogP contribution < -0.4 is 25.5 Å². The van der Waals surface area contributed by atoms with Gasteiger partial charge in [-0.2, -0.15) is 5.10 Å². The summed E-state index contributed by atoms with van der Waals surface area (Å²) in [7, 11) is 2.81.